The second-order valence-corrected chi connectivity index (χ2v) is 13.3. The van der Waals surface area contributed by atoms with Gasteiger partial charge in [0, 0.05) is 14.0 Å². The maximum atomic E-state index is 13.8. The minimum Gasteiger partial charge on any atom is -0.487 e. The van der Waals surface area contributed by atoms with E-state index in [2.05, 4.69) is 0 Å². The van der Waals surface area contributed by atoms with Crippen LogP contribution in [0, 0.1) is 47.0 Å². The van der Waals surface area contributed by atoms with Gasteiger partial charge in [0.25, 0.3) is 0 Å². The van der Waals surface area contributed by atoms with Crippen LogP contribution in [0.15, 0.2) is 36.4 Å². The smallest absolute Gasteiger partial charge is 0.338 e. The SMILES string of the molecule is COCCOc1c(OCCO)cc(C(=O)OCC(COC(C)=O)(COC(=O)c2cc(C)c(C)c(C)c2)COC(=O)c2cc(C)c(C)c(C)c2)cc1OCCO. The number of rotatable bonds is 21. The predicted octanol–water partition coefficient (Wildman–Crippen LogP) is 4.72. The van der Waals surface area contributed by atoms with Crippen LogP contribution >= 0.6 is 0 Å². The fourth-order valence-corrected chi connectivity index (χ4v) is 5.31. The topological polar surface area (TPSA) is 183 Å². The first-order valence-electron chi connectivity index (χ1n) is 17.7. The number of hydrogen-bond acceptors (Lipinski definition) is 14. The van der Waals surface area contributed by atoms with Gasteiger partial charge in [0.1, 0.15) is 51.7 Å². The Balaban J connectivity index is 2.02. The van der Waals surface area contributed by atoms with Gasteiger partial charge in [0.05, 0.1) is 36.5 Å². The molecule has 0 aromatic heterocycles. The number of carbonyl (C=O) groups is 4. The fraction of sp³-hybridized carbons (Fsp3) is 0.463. The minimum absolute atomic E-state index is 0.0361. The summed E-state index contributed by atoms with van der Waals surface area (Å²) in [5.41, 5.74) is 4.46. The highest BCUT2D eigenvalue weighted by atomic mass is 16.6. The number of aliphatic hydroxyl groups is 2. The van der Waals surface area contributed by atoms with Gasteiger partial charge in [-0.2, -0.15) is 0 Å². The van der Waals surface area contributed by atoms with Gasteiger partial charge in [0.2, 0.25) is 5.75 Å². The molecule has 3 aromatic rings. The Labute approximate surface area is 321 Å². The number of methoxy groups -OCH3 is 1. The molecule has 0 fully saturated rings. The summed E-state index contributed by atoms with van der Waals surface area (Å²) in [6, 6.07) is 9.41. The van der Waals surface area contributed by atoms with Gasteiger partial charge in [-0.15, -0.1) is 0 Å². The molecule has 0 aliphatic rings. The van der Waals surface area contributed by atoms with Crippen molar-refractivity contribution in [1.29, 1.82) is 0 Å². The maximum Gasteiger partial charge on any atom is 0.338 e. The van der Waals surface area contributed by atoms with Crippen molar-refractivity contribution < 1.29 is 67.3 Å². The number of esters is 4. The zero-order valence-corrected chi connectivity index (χ0v) is 32.8. The Morgan fingerprint density at radius 1 is 0.527 bits per heavy atom. The molecule has 2 N–H and O–H groups in total. The highest BCUT2D eigenvalue weighted by Gasteiger charge is 2.38. The molecule has 0 bridgehead atoms. The summed E-state index contributed by atoms with van der Waals surface area (Å²) in [6.45, 7) is 9.86. The molecular weight excluding hydrogens is 716 g/mol. The van der Waals surface area contributed by atoms with E-state index in [1.54, 1.807) is 24.3 Å². The normalized spacial score (nSPS) is 11.1. The quantitative estimate of drug-likeness (QED) is 0.0862. The Kier molecular flexibility index (Phi) is 16.9. The number of aryl methyl sites for hydroxylation is 4. The molecule has 0 saturated heterocycles. The van der Waals surface area contributed by atoms with Crippen LogP contribution in [0.2, 0.25) is 0 Å². The second kappa shape index (κ2) is 21.1. The van der Waals surface area contributed by atoms with E-state index in [0.29, 0.717) is 0 Å². The van der Waals surface area contributed by atoms with Gasteiger partial charge in [-0.3, -0.25) is 4.79 Å². The third kappa shape index (κ3) is 12.7. The molecule has 0 saturated carbocycles. The molecule has 0 aliphatic heterocycles. The third-order valence-corrected chi connectivity index (χ3v) is 8.92. The average Bonchev–Trinajstić information content (AvgIpc) is 3.16. The Bertz CT molecular complexity index is 1670. The van der Waals surface area contributed by atoms with Crippen molar-refractivity contribution in [2.24, 2.45) is 5.41 Å². The van der Waals surface area contributed by atoms with E-state index >= 15 is 0 Å². The van der Waals surface area contributed by atoms with Crippen molar-refractivity contribution >= 4 is 23.9 Å². The van der Waals surface area contributed by atoms with E-state index in [4.69, 9.17) is 37.9 Å². The summed E-state index contributed by atoms with van der Waals surface area (Å²) in [7, 11) is 1.49. The molecule has 14 nitrogen and oxygen atoms in total. The molecule has 3 aromatic carbocycles. The van der Waals surface area contributed by atoms with Gasteiger partial charge in [-0.1, -0.05) is 0 Å². The highest BCUT2D eigenvalue weighted by molar-refractivity contribution is 5.92. The minimum atomic E-state index is -1.58. The van der Waals surface area contributed by atoms with Crippen LogP contribution in [0.1, 0.15) is 71.4 Å². The van der Waals surface area contributed by atoms with Crippen LogP contribution < -0.4 is 14.2 Å². The van der Waals surface area contributed by atoms with Gasteiger partial charge in [-0.25, -0.2) is 14.4 Å². The van der Waals surface area contributed by atoms with Crippen LogP contribution in [0.3, 0.4) is 0 Å². The zero-order chi connectivity index (χ0) is 40.7. The maximum absolute atomic E-state index is 13.8. The Morgan fingerprint density at radius 2 is 0.891 bits per heavy atom. The number of aliphatic hydroxyl groups excluding tert-OH is 2. The van der Waals surface area contributed by atoms with E-state index in [0.717, 1.165) is 33.4 Å². The summed E-state index contributed by atoms with van der Waals surface area (Å²) in [5.74, 6) is -2.80. The van der Waals surface area contributed by atoms with Crippen molar-refractivity contribution in [3.05, 3.63) is 86.5 Å². The number of benzene rings is 3. The first-order chi connectivity index (χ1) is 26.1. The molecule has 0 atom stereocenters. The van der Waals surface area contributed by atoms with Gasteiger partial charge >= 0.3 is 23.9 Å². The summed E-state index contributed by atoms with van der Waals surface area (Å²) in [6.07, 6.45) is 0. The summed E-state index contributed by atoms with van der Waals surface area (Å²) < 4.78 is 44.9. The molecular formula is C41H52O14. The van der Waals surface area contributed by atoms with E-state index in [-0.39, 0.29) is 73.6 Å². The second-order valence-electron chi connectivity index (χ2n) is 13.3. The van der Waals surface area contributed by atoms with Crippen LogP contribution in [-0.2, 0) is 28.5 Å². The molecule has 14 heteroatoms. The highest BCUT2D eigenvalue weighted by Crippen LogP contribution is 2.39. The first kappa shape index (κ1) is 44.2. The summed E-state index contributed by atoms with van der Waals surface area (Å²) in [5, 5.41) is 18.9. The van der Waals surface area contributed by atoms with Crippen molar-refractivity contribution in [1.82, 2.24) is 0 Å². The van der Waals surface area contributed by atoms with Gasteiger partial charge in [0.15, 0.2) is 11.5 Å². The molecule has 0 spiro atoms. The number of ether oxygens (including phenoxy) is 8. The zero-order valence-electron chi connectivity index (χ0n) is 32.8. The lowest BCUT2D eigenvalue weighted by molar-refractivity contribution is -0.149. The van der Waals surface area contributed by atoms with Crippen LogP contribution in [0.25, 0.3) is 0 Å². The van der Waals surface area contributed by atoms with E-state index < -0.39 is 55.7 Å². The Hall–Kier alpha value is -5.18. The van der Waals surface area contributed by atoms with Crippen LogP contribution in [0.4, 0.5) is 0 Å². The van der Waals surface area contributed by atoms with Crippen molar-refractivity contribution in [3.63, 3.8) is 0 Å². The van der Waals surface area contributed by atoms with Gasteiger partial charge < -0.3 is 48.1 Å². The lowest BCUT2D eigenvalue weighted by Gasteiger charge is -2.31. The van der Waals surface area contributed by atoms with Crippen molar-refractivity contribution in [3.8, 4) is 17.2 Å². The number of carbonyl (C=O) groups excluding carboxylic acids is 4. The molecule has 0 heterocycles. The fourth-order valence-electron chi connectivity index (χ4n) is 5.31. The average molecular weight is 769 g/mol. The number of hydrogen-bond donors (Lipinski definition) is 2. The Morgan fingerprint density at radius 3 is 1.24 bits per heavy atom. The van der Waals surface area contributed by atoms with E-state index in [9.17, 15) is 29.4 Å². The molecule has 0 amide bonds. The molecule has 55 heavy (non-hydrogen) atoms. The van der Waals surface area contributed by atoms with Crippen LogP contribution in [-0.4, -0.2) is 107 Å². The summed E-state index contributed by atoms with van der Waals surface area (Å²) in [4.78, 5) is 52.7. The lowest BCUT2D eigenvalue weighted by Crippen LogP contribution is -2.44. The lowest BCUT2D eigenvalue weighted by atomic mass is 9.91. The molecule has 0 unspecified atom stereocenters. The predicted molar refractivity (Wildman–Crippen MR) is 200 cm³/mol. The molecule has 3 rings (SSSR count). The van der Waals surface area contributed by atoms with Crippen LogP contribution in [0.5, 0.6) is 17.2 Å². The third-order valence-electron chi connectivity index (χ3n) is 8.92. The standard InChI is InChI=1S/C41H52O14/c1-25-15-32(16-26(2)29(25)5)38(45)53-22-41(21-52-31(7)44,23-54-39(46)33-17-27(3)30(6)28(4)18-33)24-55-40(47)34-19-35(49-11-9-42)37(51-14-13-48-8)36(20-34)50-12-10-43/h15-20,42-43H,9-14,21-24H2,1-8H3. The van der Waals surface area contributed by atoms with Crippen molar-refractivity contribution in [2.75, 3.05) is 73.2 Å². The van der Waals surface area contributed by atoms with E-state index in [1.165, 1.54) is 26.2 Å². The van der Waals surface area contributed by atoms with E-state index in [1.807, 2.05) is 41.5 Å². The monoisotopic (exact) mass is 768 g/mol. The largest absolute Gasteiger partial charge is 0.487 e. The van der Waals surface area contributed by atoms with Gasteiger partial charge in [-0.05, 0) is 111 Å². The first-order valence-corrected chi connectivity index (χ1v) is 17.7. The summed E-state index contributed by atoms with van der Waals surface area (Å²) >= 11 is 0. The van der Waals surface area contributed by atoms with Crippen molar-refractivity contribution in [2.45, 2.75) is 48.5 Å². The molecule has 300 valence electrons. The molecule has 0 radical (unpaired) electrons. The molecule has 0 aliphatic carbocycles.